The average Bonchev–Trinajstić information content (AvgIpc) is 2.74. The molecular formula is C25H34F4. The van der Waals surface area contributed by atoms with Crippen LogP contribution < -0.4 is 0 Å². The SMILES string of the molecule is FCCCC=CC1CCC(C2CCC(CCc3cc(F)c(F)c(F)c3)CC2)CC1. The lowest BCUT2D eigenvalue weighted by molar-refractivity contribution is 0.152. The van der Waals surface area contributed by atoms with Gasteiger partial charge in [-0.25, -0.2) is 13.2 Å². The van der Waals surface area contributed by atoms with E-state index in [1.165, 1.54) is 51.4 Å². The molecule has 0 bridgehead atoms. The van der Waals surface area contributed by atoms with Crippen LogP contribution in [0.3, 0.4) is 0 Å². The number of hydrogen-bond acceptors (Lipinski definition) is 0. The van der Waals surface area contributed by atoms with Crippen molar-refractivity contribution in [3.63, 3.8) is 0 Å². The molecule has 2 aliphatic rings. The van der Waals surface area contributed by atoms with E-state index in [2.05, 4.69) is 12.2 Å². The van der Waals surface area contributed by atoms with Gasteiger partial charge >= 0.3 is 0 Å². The van der Waals surface area contributed by atoms with Gasteiger partial charge in [-0.15, -0.1) is 0 Å². The molecule has 29 heavy (non-hydrogen) atoms. The Hall–Kier alpha value is -1.32. The quantitative estimate of drug-likeness (QED) is 0.176. The summed E-state index contributed by atoms with van der Waals surface area (Å²) in [6.45, 7) is -0.225. The van der Waals surface area contributed by atoms with Crippen molar-refractivity contribution in [2.24, 2.45) is 23.7 Å². The first kappa shape index (κ1) is 22.4. The van der Waals surface area contributed by atoms with Crippen LogP contribution in [0.15, 0.2) is 24.3 Å². The predicted octanol–water partition coefficient (Wildman–Crippen LogP) is 7.96. The molecule has 0 radical (unpaired) electrons. The molecule has 2 fully saturated rings. The highest BCUT2D eigenvalue weighted by molar-refractivity contribution is 5.19. The summed E-state index contributed by atoms with van der Waals surface area (Å²) < 4.78 is 51.9. The molecule has 1 aromatic rings. The Bertz CT molecular complexity index is 630. The fourth-order valence-corrected chi connectivity index (χ4v) is 5.36. The molecule has 0 atom stereocenters. The van der Waals surface area contributed by atoms with Crippen molar-refractivity contribution in [1.82, 2.24) is 0 Å². The molecule has 0 unspecified atom stereocenters. The van der Waals surface area contributed by atoms with Crippen LogP contribution in [0.4, 0.5) is 17.6 Å². The molecule has 0 N–H and O–H groups in total. The first-order valence-electron chi connectivity index (χ1n) is 11.4. The number of allylic oxidation sites excluding steroid dienone is 2. The summed E-state index contributed by atoms with van der Waals surface area (Å²) >= 11 is 0. The third-order valence-corrected chi connectivity index (χ3v) is 7.17. The van der Waals surface area contributed by atoms with Gasteiger partial charge in [0.05, 0.1) is 6.67 Å². The highest BCUT2D eigenvalue weighted by Crippen LogP contribution is 2.42. The summed E-state index contributed by atoms with van der Waals surface area (Å²) in [7, 11) is 0. The number of aryl methyl sites for hydroxylation is 1. The van der Waals surface area contributed by atoms with Crippen LogP contribution in [0.25, 0.3) is 0 Å². The van der Waals surface area contributed by atoms with Gasteiger partial charge in [-0.2, -0.15) is 0 Å². The van der Waals surface area contributed by atoms with E-state index in [0.717, 1.165) is 36.8 Å². The van der Waals surface area contributed by atoms with Gasteiger partial charge in [0.15, 0.2) is 17.5 Å². The lowest BCUT2D eigenvalue weighted by Gasteiger charge is -2.37. The van der Waals surface area contributed by atoms with Crippen LogP contribution in [-0.4, -0.2) is 6.67 Å². The monoisotopic (exact) mass is 410 g/mol. The van der Waals surface area contributed by atoms with Crippen LogP contribution in [0.1, 0.15) is 76.2 Å². The second-order valence-corrected chi connectivity index (χ2v) is 9.13. The van der Waals surface area contributed by atoms with Gasteiger partial charge in [-0.05, 0) is 106 Å². The number of unbranched alkanes of at least 4 members (excludes halogenated alkanes) is 1. The van der Waals surface area contributed by atoms with Crippen LogP contribution in [0, 0.1) is 41.1 Å². The number of halogens is 4. The molecular weight excluding hydrogens is 376 g/mol. The highest BCUT2D eigenvalue weighted by atomic mass is 19.2. The van der Waals surface area contributed by atoms with Crippen LogP contribution >= 0.6 is 0 Å². The summed E-state index contributed by atoms with van der Waals surface area (Å²) in [5, 5.41) is 0. The summed E-state index contributed by atoms with van der Waals surface area (Å²) in [6, 6.07) is 2.27. The summed E-state index contributed by atoms with van der Waals surface area (Å²) in [5.41, 5.74) is 0.557. The number of hydrogen-bond donors (Lipinski definition) is 0. The van der Waals surface area contributed by atoms with Crippen molar-refractivity contribution in [3.8, 4) is 0 Å². The van der Waals surface area contributed by atoms with Gasteiger partial charge in [0.2, 0.25) is 0 Å². The molecule has 162 valence electrons. The van der Waals surface area contributed by atoms with Crippen molar-refractivity contribution < 1.29 is 17.6 Å². The third kappa shape index (κ3) is 6.58. The Morgan fingerprint density at radius 1 is 0.828 bits per heavy atom. The topological polar surface area (TPSA) is 0 Å². The van der Waals surface area contributed by atoms with E-state index < -0.39 is 17.5 Å². The zero-order valence-corrected chi connectivity index (χ0v) is 17.3. The number of alkyl halides is 1. The van der Waals surface area contributed by atoms with Crippen molar-refractivity contribution in [3.05, 3.63) is 47.3 Å². The van der Waals surface area contributed by atoms with Crippen LogP contribution in [0.2, 0.25) is 0 Å². The summed E-state index contributed by atoms with van der Waals surface area (Å²) in [4.78, 5) is 0. The van der Waals surface area contributed by atoms with Gasteiger partial charge in [-0.1, -0.05) is 25.0 Å². The van der Waals surface area contributed by atoms with Gasteiger partial charge in [0.1, 0.15) is 0 Å². The minimum atomic E-state index is -1.38. The Labute approximate surface area is 172 Å². The molecule has 0 spiro atoms. The van der Waals surface area contributed by atoms with E-state index in [-0.39, 0.29) is 6.67 Å². The molecule has 0 aromatic heterocycles. The van der Waals surface area contributed by atoms with E-state index in [4.69, 9.17) is 0 Å². The predicted molar refractivity (Wildman–Crippen MR) is 110 cm³/mol. The average molecular weight is 411 g/mol. The molecule has 0 saturated heterocycles. The van der Waals surface area contributed by atoms with E-state index in [0.29, 0.717) is 30.2 Å². The maximum atomic E-state index is 13.4. The standard InChI is InChI=1S/C25H34F4/c26-15-3-1-2-4-18-7-11-21(12-8-18)22-13-9-19(10-14-22)5-6-20-16-23(27)25(29)24(28)17-20/h2,4,16-19,21-22H,1,3,5-15H2. The number of rotatable bonds is 8. The Morgan fingerprint density at radius 3 is 2.00 bits per heavy atom. The van der Waals surface area contributed by atoms with Crippen LogP contribution in [-0.2, 0) is 6.42 Å². The fraction of sp³-hybridized carbons (Fsp3) is 0.680. The van der Waals surface area contributed by atoms with E-state index in [1.807, 2.05) is 0 Å². The summed E-state index contributed by atoms with van der Waals surface area (Å²) in [5.74, 6) is -0.599. The van der Waals surface area contributed by atoms with E-state index in [9.17, 15) is 17.6 Å². The third-order valence-electron chi connectivity index (χ3n) is 7.17. The van der Waals surface area contributed by atoms with Gasteiger partial charge < -0.3 is 0 Å². The maximum absolute atomic E-state index is 13.4. The van der Waals surface area contributed by atoms with Crippen molar-refractivity contribution in [2.45, 2.75) is 77.0 Å². The van der Waals surface area contributed by atoms with E-state index in [1.54, 1.807) is 0 Å². The molecule has 1 aromatic carbocycles. The molecule has 3 rings (SSSR count). The second kappa shape index (κ2) is 11.2. The van der Waals surface area contributed by atoms with Crippen LogP contribution in [0.5, 0.6) is 0 Å². The first-order chi connectivity index (χ1) is 14.1. The fourth-order valence-electron chi connectivity index (χ4n) is 5.36. The van der Waals surface area contributed by atoms with Gasteiger partial charge in [0.25, 0.3) is 0 Å². The molecule has 4 heteroatoms. The zero-order valence-electron chi connectivity index (χ0n) is 17.3. The molecule has 2 aliphatic carbocycles. The molecule has 0 nitrogen and oxygen atoms in total. The van der Waals surface area contributed by atoms with Gasteiger partial charge in [-0.3, -0.25) is 4.39 Å². The van der Waals surface area contributed by atoms with Gasteiger partial charge in [0, 0.05) is 0 Å². The van der Waals surface area contributed by atoms with E-state index >= 15 is 0 Å². The second-order valence-electron chi connectivity index (χ2n) is 9.13. The number of benzene rings is 1. The largest absolute Gasteiger partial charge is 0.251 e. The lowest BCUT2D eigenvalue weighted by atomic mass is 9.68. The minimum absolute atomic E-state index is 0.225. The normalized spacial score (nSPS) is 28.1. The minimum Gasteiger partial charge on any atom is -0.251 e. The first-order valence-corrected chi connectivity index (χ1v) is 11.4. The molecule has 0 heterocycles. The Kier molecular flexibility index (Phi) is 8.62. The zero-order chi connectivity index (χ0) is 20.6. The Balaban J connectivity index is 1.36. The molecule has 0 amide bonds. The maximum Gasteiger partial charge on any atom is 0.194 e. The lowest BCUT2D eigenvalue weighted by Crippen LogP contribution is -2.25. The molecule has 2 saturated carbocycles. The van der Waals surface area contributed by atoms with Crippen molar-refractivity contribution >= 4 is 0 Å². The van der Waals surface area contributed by atoms with Crippen molar-refractivity contribution in [2.75, 3.05) is 6.67 Å². The summed E-state index contributed by atoms with van der Waals surface area (Å²) in [6.07, 6.45) is 17.6. The highest BCUT2D eigenvalue weighted by Gasteiger charge is 2.30. The Morgan fingerprint density at radius 2 is 1.41 bits per heavy atom. The smallest absolute Gasteiger partial charge is 0.194 e. The molecule has 0 aliphatic heterocycles. The van der Waals surface area contributed by atoms with Crippen molar-refractivity contribution in [1.29, 1.82) is 0 Å².